The minimum Gasteiger partial charge on any atom is -0.365 e. The van der Waals surface area contributed by atoms with E-state index in [1.807, 2.05) is 0 Å². The molecular formula is C16H22ClNOS. The van der Waals surface area contributed by atoms with Crippen molar-refractivity contribution in [1.29, 1.82) is 0 Å². The van der Waals surface area contributed by atoms with Crippen molar-refractivity contribution in [2.45, 2.75) is 69.1 Å². The SMILES string of the molecule is C[C@H]1CC2(CCN1)OC1CCCCC1c1cc(Cl)sc12. The van der Waals surface area contributed by atoms with E-state index < -0.39 is 0 Å². The number of nitrogens with one attached hydrogen (secondary N) is 1. The number of thiophene rings is 1. The molecular weight excluding hydrogens is 290 g/mol. The molecule has 2 nitrogen and oxygen atoms in total. The summed E-state index contributed by atoms with van der Waals surface area (Å²) in [4.78, 5) is 1.44. The Morgan fingerprint density at radius 3 is 3.10 bits per heavy atom. The molecule has 2 aliphatic heterocycles. The summed E-state index contributed by atoms with van der Waals surface area (Å²) >= 11 is 8.13. The zero-order valence-electron chi connectivity index (χ0n) is 12.0. The van der Waals surface area contributed by atoms with Gasteiger partial charge in [0.2, 0.25) is 0 Å². The minimum absolute atomic E-state index is 0.0592. The molecule has 1 aromatic heterocycles. The maximum atomic E-state index is 6.74. The minimum atomic E-state index is -0.0592. The zero-order valence-corrected chi connectivity index (χ0v) is 13.5. The van der Waals surface area contributed by atoms with Crippen LogP contribution in [0.4, 0.5) is 0 Å². The first kappa shape index (κ1) is 13.6. The fourth-order valence-electron chi connectivity index (χ4n) is 4.44. The highest BCUT2D eigenvalue weighted by Gasteiger charge is 2.49. The lowest BCUT2D eigenvalue weighted by molar-refractivity contribution is -0.148. The predicted molar refractivity (Wildman–Crippen MR) is 83.8 cm³/mol. The van der Waals surface area contributed by atoms with Gasteiger partial charge in [0.1, 0.15) is 5.60 Å². The molecule has 4 rings (SSSR count). The van der Waals surface area contributed by atoms with E-state index in [0.29, 0.717) is 18.1 Å². The summed E-state index contributed by atoms with van der Waals surface area (Å²) in [7, 11) is 0. The molecule has 110 valence electrons. The van der Waals surface area contributed by atoms with Crippen molar-refractivity contribution in [2.75, 3.05) is 6.54 Å². The molecule has 4 atom stereocenters. The standard InChI is InChI=1S/C16H22ClNOS/c1-10-9-16(6-7-18-10)15-12(8-14(17)20-15)11-4-2-3-5-13(11)19-16/h8,10-11,13,18H,2-7,9H2,1H3/t10-,11?,13?,16?/m0/s1. The summed E-state index contributed by atoms with van der Waals surface area (Å²) in [6.45, 7) is 3.32. The van der Waals surface area contributed by atoms with E-state index in [1.165, 1.54) is 36.1 Å². The molecule has 1 aromatic rings. The Kier molecular flexibility index (Phi) is 3.38. The Labute approximate surface area is 129 Å². The molecule has 3 heterocycles. The highest BCUT2D eigenvalue weighted by Crippen LogP contribution is 2.54. The van der Waals surface area contributed by atoms with Gasteiger partial charge in [0.05, 0.1) is 10.4 Å². The van der Waals surface area contributed by atoms with Gasteiger partial charge in [-0.05, 0) is 50.8 Å². The first-order chi connectivity index (χ1) is 9.68. The molecule has 0 aromatic carbocycles. The van der Waals surface area contributed by atoms with E-state index >= 15 is 0 Å². The Hall–Kier alpha value is -0.0900. The zero-order chi connectivity index (χ0) is 13.7. The first-order valence-corrected chi connectivity index (χ1v) is 9.08. The maximum absolute atomic E-state index is 6.74. The molecule has 1 saturated carbocycles. The molecule has 1 saturated heterocycles. The van der Waals surface area contributed by atoms with Crippen molar-refractivity contribution in [2.24, 2.45) is 0 Å². The molecule has 0 radical (unpaired) electrons. The number of piperidine rings is 1. The number of halogens is 1. The summed E-state index contributed by atoms with van der Waals surface area (Å²) in [5.74, 6) is 0.596. The fraction of sp³-hybridized carbons (Fsp3) is 0.750. The van der Waals surface area contributed by atoms with Crippen molar-refractivity contribution < 1.29 is 4.74 Å². The van der Waals surface area contributed by atoms with Crippen LogP contribution in [0.3, 0.4) is 0 Å². The molecule has 1 N–H and O–H groups in total. The Balaban J connectivity index is 1.79. The van der Waals surface area contributed by atoms with E-state index in [2.05, 4.69) is 18.3 Å². The molecule has 0 bridgehead atoms. The summed E-state index contributed by atoms with van der Waals surface area (Å²) < 4.78 is 7.68. The highest BCUT2D eigenvalue weighted by molar-refractivity contribution is 7.16. The van der Waals surface area contributed by atoms with Gasteiger partial charge in [-0.1, -0.05) is 24.4 Å². The third-order valence-electron chi connectivity index (χ3n) is 5.28. The average molecular weight is 312 g/mol. The second kappa shape index (κ2) is 4.98. The van der Waals surface area contributed by atoms with Crippen LogP contribution in [-0.2, 0) is 10.3 Å². The fourth-order valence-corrected chi connectivity index (χ4v) is 5.92. The van der Waals surface area contributed by atoms with Gasteiger partial charge in [-0.2, -0.15) is 0 Å². The van der Waals surface area contributed by atoms with Crippen LogP contribution in [-0.4, -0.2) is 18.7 Å². The largest absolute Gasteiger partial charge is 0.365 e. The van der Waals surface area contributed by atoms with Crippen molar-refractivity contribution >= 4 is 22.9 Å². The molecule has 2 fully saturated rings. The van der Waals surface area contributed by atoms with Crippen LogP contribution < -0.4 is 5.32 Å². The second-order valence-electron chi connectivity index (χ2n) is 6.69. The van der Waals surface area contributed by atoms with Crippen molar-refractivity contribution in [3.05, 3.63) is 20.8 Å². The van der Waals surface area contributed by atoms with Gasteiger partial charge in [0, 0.05) is 16.8 Å². The average Bonchev–Trinajstić information content (AvgIpc) is 2.82. The van der Waals surface area contributed by atoms with Gasteiger partial charge < -0.3 is 10.1 Å². The summed E-state index contributed by atoms with van der Waals surface area (Å²) in [5.41, 5.74) is 1.46. The van der Waals surface area contributed by atoms with E-state index in [0.717, 1.165) is 23.7 Å². The molecule has 0 amide bonds. The van der Waals surface area contributed by atoms with Crippen LogP contribution >= 0.6 is 22.9 Å². The molecule has 4 heteroatoms. The van der Waals surface area contributed by atoms with Crippen LogP contribution in [0.1, 0.15) is 61.8 Å². The lowest BCUT2D eigenvalue weighted by Gasteiger charge is -2.49. The van der Waals surface area contributed by atoms with Gasteiger partial charge in [-0.15, -0.1) is 11.3 Å². The molecule has 20 heavy (non-hydrogen) atoms. The summed E-state index contributed by atoms with van der Waals surface area (Å²) in [5, 5.41) is 3.55. The smallest absolute Gasteiger partial charge is 0.106 e. The Bertz CT molecular complexity index is 517. The Morgan fingerprint density at radius 2 is 2.25 bits per heavy atom. The van der Waals surface area contributed by atoms with Crippen LogP contribution in [0.5, 0.6) is 0 Å². The quantitative estimate of drug-likeness (QED) is 0.765. The maximum Gasteiger partial charge on any atom is 0.106 e. The molecule has 3 unspecified atom stereocenters. The van der Waals surface area contributed by atoms with E-state index in [-0.39, 0.29) is 5.60 Å². The van der Waals surface area contributed by atoms with Crippen LogP contribution in [0.25, 0.3) is 0 Å². The molecule has 3 aliphatic rings. The molecule has 1 spiro atoms. The van der Waals surface area contributed by atoms with E-state index in [1.54, 1.807) is 11.3 Å². The van der Waals surface area contributed by atoms with Crippen LogP contribution in [0.15, 0.2) is 6.07 Å². The predicted octanol–water partition coefficient (Wildman–Crippen LogP) is 4.43. The monoisotopic (exact) mass is 311 g/mol. The van der Waals surface area contributed by atoms with Crippen LogP contribution in [0.2, 0.25) is 4.34 Å². The van der Waals surface area contributed by atoms with Gasteiger partial charge in [-0.25, -0.2) is 0 Å². The van der Waals surface area contributed by atoms with Gasteiger partial charge in [-0.3, -0.25) is 0 Å². The number of hydrogen-bond acceptors (Lipinski definition) is 3. The van der Waals surface area contributed by atoms with Gasteiger partial charge in [0.25, 0.3) is 0 Å². The van der Waals surface area contributed by atoms with Crippen LogP contribution in [0, 0.1) is 0 Å². The number of rotatable bonds is 0. The van der Waals surface area contributed by atoms with Crippen molar-refractivity contribution in [1.82, 2.24) is 5.32 Å². The topological polar surface area (TPSA) is 21.3 Å². The van der Waals surface area contributed by atoms with Gasteiger partial charge in [0.15, 0.2) is 0 Å². The number of ether oxygens (including phenoxy) is 1. The third kappa shape index (κ3) is 2.06. The summed E-state index contributed by atoms with van der Waals surface area (Å²) in [6.07, 6.45) is 7.74. The first-order valence-electron chi connectivity index (χ1n) is 7.89. The molecule has 1 aliphatic carbocycles. The second-order valence-corrected chi connectivity index (χ2v) is 8.37. The van der Waals surface area contributed by atoms with E-state index in [4.69, 9.17) is 16.3 Å². The lowest BCUT2D eigenvalue weighted by atomic mass is 9.74. The number of hydrogen-bond donors (Lipinski definition) is 1. The lowest BCUT2D eigenvalue weighted by Crippen LogP contribution is -2.51. The number of fused-ring (bicyclic) bond motifs is 4. The normalized spacial score (nSPS) is 40.4. The summed E-state index contributed by atoms with van der Waals surface area (Å²) in [6, 6.07) is 2.76. The van der Waals surface area contributed by atoms with Crippen molar-refractivity contribution in [3.8, 4) is 0 Å². The highest BCUT2D eigenvalue weighted by atomic mass is 35.5. The van der Waals surface area contributed by atoms with E-state index in [9.17, 15) is 0 Å². The van der Waals surface area contributed by atoms with Gasteiger partial charge >= 0.3 is 0 Å². The van der Waals surface area contributed by atoms with Crippen molar-refractivity contribution in [3.63, 3.8) is 0 Å². The Morgan fingerprint density at radius 1 is 1.40 bits per heavy atom. The third-order valence-corrected chi connectivity index (χ3v) is 6.75.